The second kappa shape index (κ2) is 6.64. The normalized spacial score (nSPS) is 18.6. The Bertz CT molecular complexity index is 182. The van der Waals surface area contributed by atoms with Gasteiger partial charge in [0.15, 0.2) is 0 Å². The van der Waals surface area contributed by atoms with Crippen LogP contribution in [0.4, 0.5) is 0 Å². The molecule has 0 bridgehead atoms. The molecule has 0 saturated carbocycles. The van der Waals surface area contributed by atoms with E-state index in [9.17, 15) is 0 Å². The van der Waals surface area contributed by atoms with Gasteiger partial charge in [0.1, 0.15) is 0 Å². The zero-order chi connectivity index (χ0) is 12.9. The lowest BCUT2D eigenvalue weighted by Crippen LogP contribution is -2.41. The molecule has 0 aliphatic carbocycles. The molecule has 0 radical (unpaired) electrons. The standard InChI is InChI=1S/C15H33N/c1-8-15(6,7)14(13(5)16)12(4)10-9-11(2)3/h11-14H,8-10,16H2,1-7H3. The first kappa shape index (κ1) is 16.0. The molecule has 98 valence electrons. The fourth-order valence-electron chi connectivity index (χ4n) is 3.01. The summed E-state index contributed by atoms with van der Waals surface area (Å²) in [4.78, 5) is 0. The predicted molar refractivity (Wildman–Crippen MR) is 74.4 cm³/mol. The molecule has 0 aromatic carbocycles. The Morgan fingerprint density at radius 2 is 1.50 bits per heavy atom. The summed E-state index contributed by atoms with van der Waals surface area (Å²) in [5, 5.41) is 0. The van der Waals surface area contributed by atoms with Crippen LogP contribution in [-0.4, -0.2) is 6.04 Å². The predicted octanol–water partition coefficient (Wildman–Crippen LogP) is 4.46. The molecule has 0 aromatic heterocycles. The van der Waals surface area contributed by atoms with E-state index >= 15 is 0 Å². The lowest BCUT2D eigenvalue weighted by atomic mass is 9.66. The van der Waals surface area contributed by atoms with Gasteiger partial charge in [-0.1, -0.05) is 60.8 Å². The van der Waals surface area contributed by atoms with Crippen molar-refractivity contribution in [3.05, 3.63) is 0 Å². The number of nitrogens with two attached hydrogens (primary N) is 1. The zero-order valence-electron chi connectivity index (χ0n) is 12.5. The van der Waals surface area contributed by atoms with Crippen LogP contribution in [0, 0.1) is 23.2 Å². The monoisotopic (exact) mass is 227 g/mol. The van der Waals surface area contributed by atoms with E-state index in [-0.39, 0.29) is 0 Å². The third-order valence-corrected chi connectivity index (χ3v) is 4.19. The van der Waals surface area contributed by atoms with E-state index < -0.39 is 0 Å². The minimum absolute atomic E-state index is 0.303. The molecule has 0 saturated heterocycles. The first-order valence-electron chi connectivity index (χ1n) is 6.98. The van der Waals surface area contributed by atoms with Gasteiger partial charge in [-0.3, -0.25) is 0 Å². The van der Waals surface area contributed by atoms with Crippen molar-refractivity contribution < 1.29 is 0 Å². The maximum absolute atomic E-state index is 6.21. The van der Waals surface area contributed by atoms with Crippen LogP contribution in [-0.2, 0) is 0 Å². The first-order chi connectivity index (χ1) is 7.22. The molecule has 0 amide bonds. The lowest BCUT2D eigenvalue weighted by molar-refractivity contribution is 0.109. The average Bonchev–Trinajstić information content (AvgIpc) is 2.13. The molecular weight excluding hydrogens is 194 g/mol. The van der Waals surface area contributed by atoms with Gasteiger partial charge in [0.25, 0.3) is 0 Å². The average molecular weight is 227 g/mol. The molecule has 0 heterocycles. The number of hydrogen-bond acceptors (Lipinski definition) is 1. The van der Waals surface area contributed by atoms with Gasteiger partial charge in [0.2, 0.25) is 0 Å². The molecule has 0 rings (SSSR count). The molecule has 16 heavy (non-hydrogen) atoms. The van der Waals surface area contributed by atoms with Crippen LogP contribution in [0.25, 0.3) is 0 Å². The summed E-state index contributed by atoms with van der Waals surface area (Å²) in [7, 11) is 0. The highest BCUT2D eigenvalue weighted by molar-refractivity contribution is 4.86. The summed E-state index contributed by atoms with van der Waals surface area (Å²) in [6.07, 6.45) is 3.85. The van der Waals surface area contributed by atoms with Gasteiger partial charge >= 0.3 is 0 Å². The van der Waals surface area contributed by atoms with Crippen molar-refractivity contribution in [2.24, 2.45) is 28.9 Å². The summed E-state index contributed by atoms with van der Waals surface area (Å²) in [6.45, 7) is 16.2. The van der Waals surface area contributed by atoms with E-state index in [4.69, 9.17) is 5.73 Å². The van der Waals surface area contributed by atoms with Crippen LogP contribution < -0.4 is 5.73 Å². The molecule has 0 aliphatic heterocycles. The Balaban J connectivity index is 4.53. The van der Waals surface area contributed by atoms with Gasteiger partial charge in [-0.25, -0.2) is 0 Å². The van der Waals surface area contributed by atoms with Crippen LogP contribution in [0.5, 0.6) is 0 Å². The van der Waals surface area contributed by atoms with Crippen LogP contribution >= 0.6 is 0 Å². The molecule has 1 nitrogen and oxygen atoms in total. The van der Waals surface area contributed by atoms with E-state index in [2.05, 4.69) is 48.5 Å². The van der Waals surface area contributed by atoms with Crippen LogP contribution in [0.2, 0.25) is 0 Å². The summed E-state index contributed by atoms with van der Waals surface area (Å²) in [5.41, 5.74) is 6.57. The minimum atomic E-state index is 0.303. The highest BCUT2D eigenvalue weighted by atomic mass is 14.7. The van der Waals surface area contributed by atoms with Crippen LogP contribution in [0.1, 0.15) is 67.7 Å². The molecule has 2 N–H and O–H groups in total. The van der Waals surface area contributed by atoms with Gasteiger partial charge in [0.05, 0.1) is 0 Å². The summed E-state index contributed by atoms with van der Waals surface area (Å²) >= 11 is 0. The highest BCUT2D eigenvalue weighted by Gasteiger charge is 2.34. The van der Waals surface area contributed by atoms with Crippen LogP contribution in [0.15, 0.2) is 0 Å². The van der Waals surface area contributed by atoms with Crippen molar-refractivity contribution in [1.29, 1.82) is 0 Å². The van der Waals surface area contributed by atoms with Crippen LogP contribution in [0.3, 0.4) is 0 Å². The molecule has 3 atom stereocenters. The van der Waals surface area contributed by atoms with Gasteiger partial charge in [-0.05, 0) is 30.1 Å². The quantitative estimate of drug-likeness (QED) is 0.683. The van der Waals surface area contributed by atoms with E-state index in [0.717, 1.165) is 11.8 Å². The lowest BCUT2D eigenvalue weighted by Gasteiger charge is -2.40. The highest BCUT2D eigenvalue weighted by Crippen LogP contribution is 2.39. The molecule has 3 unspecified atom stereocenters. The van der Waals surface area contributed by atoms with Crippen molar-refractivity contribution >= 4 is 0 Å². The Morgan fingerprint density at radius 3 is 1.81 bits per heavy atom. The van der Waals surface area contributed by atoms with E-state index in [1.807, 2.05) is 0 Å². The number of rotatable bonds is 7. The van der Waals surface area contributed by atoms with Crippen molar-refractivity contribution in [3.8, 4) is 0 Å². The third-order valence-electron chi connectivity index (χ3n) is 4.19. The zero-order valence-corrected chi connectivity index (χ0v) is 12.5. The minimum Gasteiger partial charge on any atom is -0.328 e. The largest absolute Gasteiger partial charge is 0.328 e. The van der Waals surface area contributed by atoms with Crippen molar-refractivity contribution in [2.45, 2.75) is 73.8 Å². The molecule has 1 heteroatoms. The third kappa shape index (κ3) is 4.86. The Labute approximate surface area is 103 Å². The molecule has 0 fully saturated rings. The summed E-state index contributed by atoms with van der Waals surface area (Å²) in [5.74, 6) is 2.18. The topological polar surface area (TPSA) is 26.0 Å². The SMILES string of the molecule is CCC(C)(C)C(C(C)N)C(C)CCC(C)C. The molecule has 0 aliphatic rings. The Kier molecular flexibility index (Phi) is 6.62. The second-order valence-electron chi connectivity index (χ2n) is 6.68. The van der Waals surface area contributed by atoms with Gasteiger partial charge in [-0.2, -0.15) is 0 Å². The molecule has 0 spiro atoms. The Hall–Kier alpha value is -0.0400. The van der Waals surface area contributed by atoms with Crippen molar-refractivity contribution in [2.75, 3.05) is 0 Å². The van der Waals surface area contributed by atoms with Crippen molar-refractivity contribution in [1.82, 2.24) is 0 Å². The number of hydrogen-bond donors (Lipinski definition) is 1. The van der Waals surface area contributed by atoms with Gasteiger partial charge in [0, 0.05) is 6.04 Å². The van der Waals surface area contributed by atoms with Gasteiger partial charge < -0.3 is 5.73 Å². The smallest absolute Gasteiger partial charge is 0.00464 e. The fourth-order valence-corrected chi connectivity index (χ4v) is 3.01. The molecular formula is C15H33N. The van der Waals surface area contributed by atoms with E-state index in [1.165, 1.54) is 19.3 Å². The second-order valence-corrected chi connectivity index (χ2v) is 6.68. The van der Waals surface area contributed by atoms with Gasteiger partial charge in [-0.15, -0.1) is 0 Å². The summed E-state index contributed by atoms with van der Waals surface area (Å²) in [6, 6.07) is 0.303. The maximum atomic E-state index is 6.21. The summed E-state index contributed by atoms with van der Waals surface area (Å²) < 4.78 is 0. The first-order valence-corrected chi connectivity index (χ1v) is 6.98. The molecule has 0 aromatic rings. The Morgan fingerprint density at radius 1 is 1.00 bits per heavy atom. The maximum Gasteiger partial charge on any atom is 0.00464 e. The van der Waals surface area contributed by atoms with E-state index in [0.29, 0.717) is 17.4 Å². The van der Waals surface area contributed by atoms with E-state index in [1.54, 1.807) is 0 Å². The fraction of sp³-hybridized carbons (Fsp3) is 1.00. The van der Waals surface area contributed by atoms with Crippen molar-refractivity contribution in [3.63, 3.8) is 0 Å².